The number of carbonyl (C=O) groups excluding carboxylic acids is 1. The molecule has 2 aromatic carbocycles. The number of carbonyl (C=O) groups is 1. The van der Waals surface area contributed by atoms with Crippen molar-refractivity contribution in [2.75, 3.05) is 7.11 Å². The lowest BCUT2D eigenvalue weighted by Gasteiger charge is -2.32. The summed E-state index contributed by atoms with van der Waals surface area (Å²) in [6.45, 7) is 3.64. The Labute approximate surface area is 167 Å². The van der Waals surface area contributed by atoms with Crippen molar-refractivity contribution in [2.24, 2.45) is 5.73 Å². The van der Waals surface area contributed by atoms with Gasteiger partial charge in [-0.2, -0.15) is 0 Å². The maximum Gasteiger partial charge on any atom is 0.345 e. The Morgan fingerprint density at radius 2 is 1.81 bits per heavy atom. The Morgan fingerprint density at radius 1 is 1.22 bits per heavy atom. The lowest BCUT2D eigenvalue weighted by molar-refractivity contribution is -0.147. The first kappa shape index (κ1) is 21.3. The zero-order valence-corrected chi connectivity index (χ0v) is 17.1. The van der Waals surface area contributed by atoms with E-state index < -0.39 is 26.8 Å². The molecule has 2 unspecified atom stereocenters. The lowest BCUT2D eigenvalue weighted by Crippen LogP contribution is -2.63. The monoisotopic (exact) mass is 453 g/mol. The summed E-state index contributed by atoms with van der Waals surface area (Å²) in [6, 6.07) is 14.9. The van der Waals surface area contributed by atoms with Gasteiger partial charge >= 0.3 is 5.97 Å². The van der Waals surface area contributed by atoms with Crippen LogP contribution in [-0.2, 0) is 30.7 Å². The van der Waals surface area contributed by atoms with Crippen molar-refractivity contribution in [3.63, 3.8) is 0 Å². The first-order chi connectivity index (χ1) is 12.8. The van der Waals surface area contributed by atoms with Gasteiger partial charge in [0, 0.05) is 4.47 Å². The summed E-state index contributed by atoms with van der Waals surface area (Å²) in [5.41, 5.74) is 6.94. The van der Waals surface area contributed by atoms with Crippen molar-refractivity contribution in [3.05, 3.63) is 77.3 Å². The number of benzene rings is 2. The van der Waals surface area contributed by atoms with E-state index in [0.717, 1.165) is 12.7 Å². The van der Waals surface area contributed by atoms with Gasteiger partial charge in [-0.3, -0.25) is 0 Å². The Kier molecular flexibility index (Phi) is 6.94. The number of ether oxygens (including phenoxy) is 2. The summed E-state index contributed by atoms with van der Waals surface area (Å²) < 4.78 is 37.5. The Bertz CT molecular complexity index is 899. The average molecular weight is 454 g/mol. The van der Waals surface area contributed by atoms with Crippen LogP contribution in [0.3, 0.4) is 0 Å². The van der Waals surface area contributed by atoms with E-state index in [0.29, 0.717) is 4.47 Å². The van der Waals surface area contributed by atoms with Crippen LogP contribution >= 0.6 is 15.9 Å². The quantitative estimate of drug-likeness (QED) is 0.487. The molecule has 2 N–H and O–H groups in total. The van der Waals surface area contributed by atoms with Crippen LogP contribution in [0.5, 0.6) is 0 Å². The van der Waals surface area contributed by atoms with Gasteiger partial charge in [-0.15, -0.1) is 6.58 Å². The maximum absolute atomic E-state index is 13.2. The molecule has 0 saturated carbocycles. The van der Waals surface area contributed by atoms with Crippen molar-refractivity contribution >= 4 is 31.7 Å². The first-order valence-corrected chi connectivity index (χ1v) is 10.2. The second-order valence-electron chi connectivity index (χ2n) is 5.69. The molecule has 27 heavy (non-hydrogen) atoms. The molecule has 0 heterocycles. The minimum atomic E-state index is -4.36. The van der Waals surface area contributed by atoms with Crippen molar-refractivity contribution in [2.45, 2.75) is 22.5 Å². The smallest absolute Gasteiger partial charge is 0.345 e. The third-order valence-corrected chi connectivity index (χ3v) is 6.69. The summed E-state index contributed by atoms with van der Waals surface area (Å²) in [4.78, 5) is 9.84. The standard InChI is InChI=1S/C19H20BrNO5S/c1-3-17(26-13-14-7-5-4-6-8-14)19(21,18(22)25-2)27(23,24)16-11-9-15(20)10-12-16/h3-12,17H,1,13,21H2,2H3. The minimum absolute atomic E-state index is 0.0450. The predicted molar refractivity (Wildman–Crippen MR) is 105 cm³/mol. The molecule has 0 amide bonds. The van der Waals surface area contributed by atoms with Crippen molar-refractivity contribution < 1.29 is 22.7 Å². The second kappa shape index (κ2) is 8.79. The van der Waals surface area contributed by atoms with Crippen LogP contribution < -0.4 is 5.73 Å². The summed E-state index contributed by atoms with van der Waals surface area (Å²) >= 11 is 3.24. The fourth-order valence-corrected chi connectivity index (χ4v) is 4.40. The normalized spacial score (nSPS) is 14.8. The molecule has 0 aliphatic rings. The number of nitrogens with two attached hydrogens (primary N) is 1. The number of hydrogen-bond donors (Lipinski definition) is 1. The van der Waals surface area contributed by atoms with Gasteiger partial charge in [0.05, 0.1) is 18.6 Å². The number of hydrogen-bond acceptors (Lipinski definition) is 6. The molecule has 0 fully saturated rings. The van der Waals surface area contributed by atoms with Gasteiger partial charge in [-0.25, -0.2) is 13.2 Å². The van der Waals surface area contributed by atoms with E-state index in [9.17, 15) is 13.2 Å². The van der Waals surface area contributed by atoms with Crippen LogP contribution in [0.4, 0.5) is 0 Å². The third kappa shape index (κ3) is 4.30. The molecular weight excluding hydrogens is 434 g/mol. The van der Waals surface area contributed by atoms with Gasteiger partial charge in [0.1, 0.15) is 6.10 Å². The van der Waals surface area contributed by atoms with Crippen LogP contribution in [0, 0.1) is 0 Å². The second-order valence-corrected chi connectivity index (χ2v) is 8.76. The zero-order valence-electron chi connectivity index (χ0n) is 14.7. The highest BCUT2D eigenvalue weighted by Crippen LogP contribution is 2.30. The van der Waals surface area contributed by atoms with E-state index in [2.05, 4.69) is 22.5 Å². The van der Waals surface area contributed by atoms with Gasteiger partial charge in [0.25, 0.3) is 4.87 Å². The van der Waals surface area contributed by atoms with E-state index in [1.54, 1.807) is 24.3 Å². The molecule has 2 atom stereocenters. The van der Waals surface area contributed by atoms with Crippen LogP contribution in [0.1, 0.15) is 5.56 Å². The van der Waals surface area contributed by atoms with Gasteiger partial charge in [-0.05, 0) is 29.8 Å². The van der Waals surface area contributed by atoms with Crippen molar-refractivity contribution in [3.8, 4) is 0 Å². The minimum Gasteiger partial charge on any atom is -0.467 e. The summed E-state index contributed by atoms with van der Waals surface area (Å²) in [6.07, 6.45) is -0.144. The number of halogens is 1. The summed E-state index contributed by atoms with van der Waals surface area (Å²) in [7, 11) is -3.29. The molecule has 0 aliphatic carbocycles. The molecular formula is C19H20BrNO5S. The Morgan fingerprint density at radius 3 is 2.33 bits per heavy atom. The predicted octanol–water partition coefficient (Wildman–Crippen LogP) is 2.82. The molecule has 2 rings (SSSR count). The molecule has 6 nitrogen and oxygen atoms in total. The number of sulfone groups is 1. The number of esters is 1. The third-order valence-electron chi connectivity index (χ3n) is 3.98. The topological polar surface area (TPSA) is 95.7 Å². The van der Waals surface area contributed by atoms with Crippen molar-refractivity contribution in [1.82, 2.24) is 0 Å². The highest BCUT2D eigenvalue weighted by atomic mass is 79.9. The van der Waals surface area contributed by atoms with Crippen LogP contribution in [0.2, 0.25) is 0 Å². The van der Waals surface area contributed by atoms with Gasteiger partial charge in [0.2, 0.25) is 9.84 Å². The van der Waals surface area contributed by atoms with Crippen LogP contribution in [-0.4, -0.2) is 32.5 Å². The highest BCUT2D eigenvalue weighted by molar-refractivity contribution is 9.10. The van der Waals surface area contributed by atoms with E-state index >= 15 is 0 Å². The molecule has 0 spiro atoms. The van der Waals surface area contributed by atoms with Gasteiger partial charge in [-0.1, -0.05) is 52.3 Å². The molecule has 0 aromatic heterocycles. The zero-order chi connectivity index (χ0) is 20.1. The summed E-state index contributed by atoms with van der Waals surface area (Å²) in [5.74, 6) is -1.14. The maximum atomic E-state index is 13.2. The molecule has 0 saturated heterocycles. The molecule has 0 bridgehead atoms. The van der Waals surface area contributed by atoms with Crippen LogP contribution in [0.25, 0.3) is 0 Å². The largest absolute Gasteiger partial charge is 0.467 e. The molecule has 144 valence electrons. The molecule has 0 aliphatic heterocycles. The Balaban J connectivity index is 2.45. The van der Waals surface area contributed by atoms with E-state index in [4.69, 9.17) is 15.2 Å². The SMILES string of the molecule is C=CC(OCc1ccccc1)C(N)(C(=O)OC)S(=O)(=O)c1ccc(Br)cc1. The van der Waals surface area contributed by atoms with E-state index in [1.165, 1.54) is 18.2 Å². The van der Waals surface area contributed by atoms with Gasteiger partial charge in [0.15, 0.2) is 0 Å². The first-order valence-electron chi connectivity index (χ1n) is 7.93. The number of rotatable bonds is 8. The van der Waals surface area contributed by atoms with Gasteiger partial charge < -0.3 is 15.2 Å². The van der Waals surface area contributed by atoms with Crippen molar-refractivity contribution in [1.29, 1.82) is 0 Å². The van der Waals surface area contributed by atoms with E-state index in [-0.39, 0.29) is 11.5 Å². The number of methoxy groups -OCH3 is 1. The highest BCUT2D eigenvalue weighted by Gasteiger charge is 2.55. The molecule has 0 radical (unpaired) electrons. The van der Waals surface area contributed by atoms with E-state index in [1.807, 2.05) is 18.2 Å². The molecule has 2 aromatic rings. The fourth-order valence-electron chi connectivity index (χ4n) is 2.47. The summed E-state index contributed by atoms with van der Waals surface area (Å²) in [5, 5.41) is 0. The lowest BCUT2D eigenvalue weighted by atomic mass is 10.1. The van der Waals surface area contributed by atoms with Crippen LogP contribution in [0.15, 0.2) is 76.6 Å². The Hall–Kier alpha value is -2.00. The molecule has 8 heteroatoms. The fraction of sp³-hybridized carbons (Fsp3) is 0.211. The average Bonchev–Trinajstić information content (AvgIpc) is 2.68.